The molecule has 2 aliphatic rings. The molecule has 8 nitrogen and oxygen atoms in total. The van der Waals surface area contributed by atoms with Gasteiger partial charge in [-0.2, -0.15) is 17.0 Å². The van der Waals surface area contributed by atoms with Gasteiger partial charge in [0.1, 0.15) is 6.61 Å². The van der Waals surface area contributed by atoms with Gasteiger partial charge in [-0.25, -0.2) is 0 Å². The Kier molecular flexibility index (Phi) is 5.40. The maximum Gasteiger partial charge on any atom is 0.281 e. The molecule has 0 radical (unpaired) electrons. The van der Waals surface area contributed by atoms with E-state index in [1.54, 1.807) is 12.0 Å². The van der Waals surface area contributed by atoms with Crippen LogP contribution in [0.1, 0.15) is 5.56 Å². The third-order valence-electron chi connectivity index (χ3n) is 4.86. The van der Waals surface area contributed by atoms with Crippen LogP contribution < -0.4 is 9.47 Å². The third kappa shape index (κ3) is 3.51. The molecule has 9 heteroatoms. The predicted molar refractivity (Wildman–Crippen MR) is 96.4 cm³/mol. The number of amides is 1. The van der Waals surface area contributed by atoms with E-state index in [4.69, 9.17) is 9.47 Å². The molecule has 2 heterocycles. The normalized spacial score (nSPS) is 21.2. The summed E-state index contributed by atoms with van der Waals surface area (Å²) >= 11 is 0. The molecule has 0 unspecified atom stereocenters. The second kappa shape index (κ2) is 7.42. The predicted octanol–water partition coefficient (Wildman–Crippen LogP) is 0.197. The quantitative estimate of drug-likeness (QED) is 0.742. The monoisotopic (exact) mass is 383 g/mol. The first-order valence-electron chi connectivity index (χ1n) is 8.59. The van der Waals surface area contributed by atoms with Crippen LogP contribution in [0.3, 0.4) is 0 Å². The summed E-state index contributed by atoms with van der Waals surface area (Å²) in [6, 6.07) is 5.67. The smallest absolute Gasteiger partial charge is 0.281 e. The Morgan fingerprint density at radius 1 is 1.23 bits per heavy atom. The lowest BCUT2D eigenvalue weighted by Gasteiger charge is -2.37. The molecule has 1 atom stereocenters. The van der Waals surface area contributed by atoms with Crippen molar-refractivity contribution in [1.29, 1.82) is 0 Å². The molecule has 1 saturated heterocycles. The molecule has 144 valence electrons. The van der Waals surface area contributed by atoms with Crippen molar-refractivity contribution in [2.45, 2.75) is 6.42 Å². The van der Waals surface area contributed by atoms with Gasteiger partial charge >= 0.3 is 0 Å². The summed E-state index contributed by atoms with van der Waals surface area (Å²) in [7, 11) is 1.19. The Morgan fingerprint density at radius 3 is 2.54 bits per heavy atom. The molecule has 2 aliphatic heterocycles. The van der Waals surface area contributed by atoms with Gasteiger partial charge in [0.2, 0.25) is 5.91 Å². The van der Waals surface area contributed by atoms with Gasteiger partial charge in [0.05, 0.1) is 13.0 Å². The number of piperazine rings is 1. The zero-order chi connectivity index (χ0) is 18.9. The topological polar surface area (TPSA) is 79.4 Å². The molecular formula is C17H25N3O5S. The van der Waals surface area contributed by atoms with Gasteiger partial charge in [-0.05, 0) is 18.1 Å². The summed E-state index contributed by atoms with van der Waals surface area (Å²) < 4.78 is 38.1. The van der Waals surface area contributed by atoms with E-state index in [0.717, 1.165) is 5.56 Å². The van der Waals surface area contributed by atoms with Crippen molar-refractivity contribution in [3.8, 4) is 11.5 Å². The number of hydrogen-bond acceptors (Lipinski definition) is 5. The molecule has 1 fully saturated rings. The Labute approximate surface area is 154 Å². The van der Waals surface area contributed by atoms with E-state index in [0.29, 0.717) is 50.7 Å². The standard InChI is InChI=1S/C17H25N3O5S/c1-18(2)26(22,23)20-9-7-19(8-10-20)17(21)14-11-13-5-4-6-15(24-3)16(13)25-12-14/h4-6,14H,7-12H2,1-3H3/t14-/m1/s1. The zero-order valence-corrected chi connectivity index (χ0v) is 16.2. The number of benzene rings is 1. The van der Waals surface area contributed by atoms with E-state index in [9.17, 15) is 13.2 Å². The van der Waals surface area contributed by atoms with E-state index in [1.807, 2.05) is 18.2 Å². The highest BCUT2D eigenvalue weighted by atomic mass is 32.2. The van der Waals surface area contributed by atoms with Gasteiger partial charge in [0, 0.05) is 40.3 Å². The van der Waals surface area contributed by atoms with Gasteiger partial charge < -0.3 is 14.4 Å². The van der Waals surface area contributed by atoms with E-state index < -0.39 is 10.2 Å². The highest BCUT2D eigenvalue weighted by Crippen LogP contribution is 2.36. The number of ether oxygens (including phenoxy) is 2. The van der Waals surface area contributed by atoms with E-state index in [1.165, 1.54) is 22.7 Å². The molecular weight excluding hydrogens is 358 g/mol. The average Bonchev–Trinajstić information content (AvgIpc) is 2.66. The van der Waals surface area contributed by atoms with E-state index in [2.05, 4.69) is 0 Å². The number of para-hydroxylation sites is 1. The largest absolute Gasteiger partial charge is 0.493 e. The number of carbonyl (C=O) groups excluding carboxylic acids is 1. The van der Waals surface area contributed by atoms with Crippen molar-refractivity contribution >= 4 is 16.1 Å². The second-order valence-electron chi connectivity index (χ2n) is 6.68. The fourth-order valence-corrected chi connectivity index (χ4v) is 4.43. The molecule has 1 aromatic carbocycles. The highest BCUT2D eigenvalue weighted by Gasteiger charge is 2.35. The minimum Gasteiger partial charge on any atom is -0.493 e. The number of hydrogen-bond donors (Lipinski definition) is 0. The zero-order valence-electron chi connectivity index (χ0n) is 15.3. The number of fused-ring (bicyclic) bond motifs is 1. The maximum atomic E-state index is 12.8. The summed E-state index contributed by atoms with van der Waals surface area (Å²) in [6.45, 7) is 1.72. The van der Waals surface area contributed by atoms with Crippen LogP contribution in [-0.4, -0.2) is 81.8 Å². The molecule has 3 rings (SSSR count). The minimum atomic E-state index is -3.43. The Morgan fingerprint density at radius 2 is 1.92 bits per heavy atom. The highest BCUT2D eigenvalue weighted by molar-refractivity contribution is 7.86. The first kappa shape index (κ1) is 18.9. The summed E-state index contributed by atoms with van der Waals surface area (Å²) in [5.74, 6) is 1.14. The van der Waals surface area contributed by atoms with Gasteiger partial charge in [0.15, 0.2) is 11.5 Å². The second-order valence-corrected chi connectivity index (χ2v) is 8.82. The van der Waals surface area contributed by atoms with Crippen LogP contribution in [0.5, 0.6) is 11.5 Å². The molecule has 0 bridgehead atoms. The van der Waals surface area contributed by atoms with Crippen LogP contribution in [0.2, 0.25) is 0 Å². The molecule has 0 aliphatic carbocycles. The van der Waals surface area contributed by atoms with Gasteiger partial charge in [-0.3, -0.25) is 4.79 Å². The van der Waals surface area contributed by atoms with Crippen LogP contribution in [-0.2, 0) is 21.4 Å². The maximum absolute atomic E-state index is 12.8. The van der Waals surface area contributed by atoms with Crippen LogP contribution in [0.25, 0.3) is 0 Å². The van der Waals surface area contributed by atoms with Crippen molar-refractivity contribution in [2.75, 3.05) is 54.0 Å². The Hall–Kier alpha value is -1.84. The summed E-state index contributed by atoms with van der Waals surface area (Å²) in [6.07, 6.45) is 0.599. The van der Waals surface area contributed by atoms with Crippen molar-refractivity contribution in [3.05, 3.63) is 23.8 Å². The fourth-order valence-electron chi connectivity index (χ4n) is 3.34. The number of nitrogens with zero attached hydrogens (tertiary/aromatic N) is 3. The lowest BCUT2D eigenvalue weighted by Crippen LogP contribution is -2.54. The van der Waals surface area contributed by atoms with E-state index >= 15 is 0 Å². The minimum absolute atomic E-state index is 0.0142. The number of methoxy groups -OCH3 is 1. The van der Waals surface area contributed by atoms with Crippen molar-refractivity contribution in [3.63, 3.8) is 0 Å². The Bertz CT molecular complexity index is 773. The van der Waals surface area contributed by atoms with Gasteiger partial charge in [-0.1, -0.05) is 12.1 Å². The summed E-state index contributed by atoms with van der Waals surface area (Å²) in [4.78, 5) is 14.6. The first-order chi connectivity index (χ1) is 12.3. The third-order valence-corrected chi connectivity index (χ3v) is 6.80. The lowest BCUT2D eigenvalue weighted by atomic mass is 9.95. The number of rotatable bonds is 4. The molecule has 0 saturated carbocycles. The molecule has 1 aromatic rings. The van der Waals surface area contributed by atoms with Crippen molar-refractivity contribution in [2.24, 2.45) is 5.92 Å². The first-order valence-corrected chi connectivity index (χ1v) is 9.99. The van der Waals surface area contributed by atoms with Crippen LogP contribution in [0.4, 0.5) is 0 Å². The molecule has 0 N–H and O–H groups in total. The fraction of sp³-hybridized carbons (Fsp3) is 0.588. The number of carbonyl (C=O) groups is 1. The van der Waals surface area contributed by atoms with Crippen LogP contribution in [0, 0.1) is 5.92 Å². The molecule has 1 amide bonds. The summed E-state index contributed by atoms with van der Waals surface area (Å²) in [5.41, 5.74) is 0.961. The summed E-state index contributed by atoms with van der Waals surface area (Å²) in [5, 5.41) is 0. The van der Waals surface area contributed by atoms with Crippen LogP contribution >= 0.6 is 0 Å². The van der Waals surface area contributed by atoms with Gasteiger partial charge in [-0.15, -0.1) is 0 Å². The molecule has 0 spiro atoms. The molecule has 26 heavy (non-hydrogen) atoms. The SMILES string of the molecule is COc1cccc2c1OC[C@H](C(=O)N1CCN(S(=O)(=O)N(C)C)CC1)C2. The van der Waals surface area contributed by atoms with Crippen molar-refractivity contribution < 1.29 is 22.7 Å². The lowest BCUT2D eigenvalue weighted by molar-refractivity contribution is -0.138. The van der Waals surface area contributed by atoms with Crippen LogP contribution in [0.15, 0.2) is 18.2 Å². The van der Waals surface area contributed by atoms with Gasteiger partial charge in [0.25, 0.3) is 10.2 Å². The van der Waals surface area contributed by atoms with Crippen molar-refractivity contribution in [1.82, 2.24) is 13.5 Å². The van der Waals surface area contributed by atoms with E-state index in [-0.39, 0.29) is 11.8 Å². The average molecular weight is 383 g/mol. The Balaban J connectivity index is 1.63. The molecule has 0 aromatic heterocycles.